The van der Waals surface area contributed by atoms with Crippen molar-refractivity contribution in [1.29, 1.82) is 0 Å². The molecule has 1 aliphatic heterocycles. The van der Waals surface area contributed by atoms with Gasteiger partial charge in [-0.05, 0) is 6.92 Å². The zero-order chi connectivity index (χ0) is 9.41. The molecule has 6 heteroatoms. The summed E-state index contributed by atoms with van der Waals surface area (Å²) in [5.74, 6) is -0.711. The number of hydrogen-bond donors (Lipinski definition) is 2. The van der Waals surface area contributed by atoms with Crippen LogP contribution in [0.5, 0.6) is 0 Å². The quantitative estimate of drug-likeness (QED) is 0.695. The van der Waals surface area contributed by atoms with Gasteiger partial charge in [0.1, 0.15) is 0 Å². The molecule has 0 bridgehead atoms. The van der Waals surface area contributed by atoms with Gasteiger partial charge in [-0.15, -0.1) is 12.4 Å². The molecule has 2 unspecified atom stereocenters. The van der Waals surface area contributed by atoms with Gasteiger partial charge in [-0.25, -0.2) is 0 Å². The van der Waals surface area contributed by atoms with E-state index in [9.17, 15) is 13.2 Å². The molecular formula is C7H13ClF3NO. The SMILES string of the molecule is CC1(C(F)(F)F)CNCC1CO.Cl. The molecule has 0 aliphatic carbocycles. The summed E-state index contributed by atoms with van der Waals surface area (Å²) in [7, 11) is 0. The fourth-order valence-electron chi connectivity index (χ4n) is 1.47. The minimum absolute atomic E-state index is 0. The van der Waals surface area contributed by atoms with Crippen LogP contribution in [0.3, 0.4) is 0 Å². The smallest absolute Gasteiger partial charge is 0.395 e. The Bertz CT molecular complexity index is 176. The van der Waals surface area contributed by atoms with Gasteiger partial charge < -0.3 is 10.4 Å². The Kier molecular flexibility index (Phi) is 4.02. The molecule has 1 heterocycles. The van der Waals surface area contributed by atoms with E-state index in [1.165, 1.54) is 0 Å². The lowest BCUT2D eigenvalue weighted by molar-refractivity contribution is -0.227. The van der Waals surface area contributed by atoms with Gasteiger partial charge in [0.2, 0.25) is 0 Å². The summed E-state index contributed by atoms with van der Waals surface area (Å²) in [4.78, 5) is 0. The van der Waals surface area contributed by atoms with Gasteiger partial charge in [-0.3, -0.25) is 0 Å². The zero-order valence-electron chi connectivity index (χ0n) is 7.19. The number of aliphatic hydroxyl groups is 1. The molecule has 2 atom stereocenters. The maximum absolute atomic E-state index is 12.4. The van der Waals surface area contributed by atoms with E-state index in [0.29, 0.717) is 0 Å². The Morgan fingerprint density at radius 2 is 2.08 bits per heavy atom. The Labute approximate surface area is 80.9 Å². The van der Waals surface area contributed by atoms with Crippen LogP contribution in [0.1, 0.15) is 6.92 Å². The third-order valence-corrected chi connectivity index (χ3v) is 2.65. The van der Waals surface area contributed by atoms with E-state index < -0.39 is 24.1 Å². The van der Waals surface area contributed by atoms with Crippen LogP contribution < -0.4 is 5.32 Å². The minimum Gasteiger partial charge on any atom is -0.396 e. The first-order chi connectivity index (χ1) is 5.42. The van der Waals surface area contributed by atoms with Crippen molar-refractivity contribution in [2.75, 3.05) is 19.7 Å². The summed E-state index contributed by atoms with van der Waals surface area (Å²) in [5.41, 5.74) is -1.76. The van der Waals surface area contributed by atoms with Crippen molar-refractivity contribution in [2.24, 2.45) is 11.3 Å². The third kappa shape index (κ3) is 2.08. The summed E-state index contributed by atoms with van der Waals surface area (Å²) < 4.78 is 37.3. The Morgan fingerprint density at radius 3 is 2.38 bits per heavy atom. The van der Waals surface area contributed by atoms with Crippen molar-refractivity contribution in [3.63, 3.8) is 0 Å². The summed E-state index contributed by atoms with van der Waals surface area (Å²) in [5, 5.41) is 11.4. The highest BCUT2D eigenvalue weighted by Crippen LogP contribution is 2.45. The molecule has 1 saturated heterocycles. The summed E-state index contributed by atoms with van der Waals surface area (Å²) in [6.07, 6.45) is -4.23. The van der Waals surface area contributed by atoms with E-state index in [1.54, 1.807) is 0 Å². The van der Waals surface area contributed by atoms with E-state index in [2.05, 4.69) is 5.32 Å². The Morgan fingerprint density at radius 1 is 1.54 bits per heavy atom. The molecule has 1 aliphatic rings. The monoisotopic (exact) mass is 219 g/mol. The average molecular weight is 220 g/mol. The lowest BCUT2D eigenvalue weighted by Gasteiger charge is -2.31. The molecule has 2 nitrogen and oxygen atoms in total. The fraction of sp³-hybridized carbons (Fsp3) is 1.00. The molecule has 0 aromatic carbocycles. The first-order valence-corrected chi connectivity index (χ1v) is 3.80. The van der Waals surface area contributed by atoms with Crippen LogP contribution in [-0.2, 0) is 0 Å². The van der Waals surface area contributed by atoms with E-state index in [1.807, 2.05) is 0 Å². The summed E-state index contributed by atoms with van der Waals surface area (Å²) in [6, 6.07) is 0. The first kappa shape index (κ1) is 13.0. The molecule has 2 N–H and O–H groups in total. The highest BCUT2D eigenvalue weighted by Gasteiger charge is 2.57. The lowest BCUT2D eigenvalue weighted by atomic mass is 9.80. The number of nitrogens with one attached hydrogen (secondary N) is 1. The molecule has 0 aromatic rings. The Hall–Kier alpha value is 0. The van der Waals surface area contributed by atoms with Crippen LogP contribution in [0, 0.1) is 11.3 Å². The highest BCUT2D eigenvalue weighted by molar-refractivity contribution is 5.85. The van der Waals surface area contributed by atoms with Crippen LogP contribution in [0.2, 0.25) is 0 Å². The van der Waals surface area contributed by atoms with Gasteiger partial charge >= 0.3 is 6.18 Å². The van der Waals surface area contributed by atoms with Crippen molar-refractivity contribution in [3.8, 4) is 0 Å². The normalized spacial score (nSPS) is 34.4. The predicted molar refractivity (Wildman–Crippen MR) is 44.9 cm³/mol. The van der Waals surface area contributed by atoms with Crippen molar-refractivity contribution in [2.45, 2.75) is 13.1 Å². The molecule has 0 saturated carbocycles. The fourth-order valence-corrected chi connectivity index (χ4v) is 1.47. The van der Waals surface area contributed by atoms with Crippen molar-refractivity contribution in [3.05, 3.63) is 0 Å². The third-order valence-electron chi connectivity index (χ3n) is 2.65. The van der Waals surface area contributed by atoms with Crippen molar-refractivity contribution < 1.29 is 18.3 Å². The van der Waals surface area contributed by atoms with Crippen LogP contribution in [0.25, 0.3) is 0 Å². The van der Waals surface area contributed by atoms with Crippen molar-refractivity contribution >= 4 is 12.4 Å². The second kappa shape index (κ2) is 4.02. The second-order valence-electron chi connectivity index (χ2n) is 3.43. The molecule has 1 rings (SSSR count). The van der Waals surface area contributed by atoms with Gasteiger partial charge in [0, 0.05) is 25.6 Å². The highest BCUT2D eigenvalue weighted by atomic mass is 35.5. The van der Waals surface area contributed by atoms with Gasteiger partial charge in [0.05, 0.1) is 5.41 Å². The standard InChI is InChI=1S/C7H12F3NO.ClH/c1-6(7(8,9)10)4-11-2-5(6)3-12;/h5,11-12H,2-4H2,1H3;1H. The van der Waals surface area contributed by atoms with Gasteiger partial charge in [0.15, 0.2) is 0 Å². The number of rotatable bonds is 1. The minimum atomic E-state index is -4.23. The zero-order valence-corrected chi connectivity index (χ0v) is 8.00. The van der Waals surface area contributed by atoms with E-state index in [-0.39, 0.29) is 25.5 Å². The summed E-state index contributed by atoms with van der Waals surface area (Å²) in [6.45, 7) is 0.880. The maximum Gasteiger partial charge on any atom is 0.395 e. The number of halogens is 4. The van der Waals surface area contributed by atoms with E-state index in [4.69, 9.17) is 5.11 Å². The number of alkyl halides is 3. The summed E-state index contributed by atoms with van der Waals surface area (Å²) >= 11 is 0. The molecule has 1 fully saturated rings. The van der Waals surface area contributed by atoms with Gasteiger partial charge in [-0.2, -0.15) is 13.2 Å². The average Bonchev–Trinajstić information content (AvgIpc) is 2.30. The molecule has 0 radical (unpaired) electrons. The number of hydrogen-bond acceptors (Lipinski definition) is 2. The molecule has 0 aromatic heterocycles. The van der Waals surface area contributed by atoms with E-state index in [0.717, 1.165) is 6.92 Å². The van der Waals surface area contributed by atoms with Crippen LogP contribution in [0.4, 0.5) is 13.2 Å². The molecular weight excluding hydrogens is 207 g/mol. The second-order valence-corrected chi connectivity index (χ2v) is 3.43. The molecule has 0 amide bonds. The Balaban J connectivity index is 0.00000144. The van der Waals surface area contributed by atoms with Gasteiger partial charge in [-0.1, -0.05) is 0 Å². The predicted octanol–water partition coefficient (Wildman–Crippen LogP) is 1.19. The molecule has 0 spiro atoms. The molecule has 80 valence electrons. The van der Waals surface area contributed by atoms with Crippen molar-refractivity contribution in [1.82, 2.24) is 5.32 Å². The largest absolute Gasteiger partial charge is 0.396 e. The number of aliphatic hydroxyl groups excluding tert-OH is 1. The van der Waals surface area contributed by atoms with E-state index >= 15 is 0 Å². The van der Waals surface area contributed by atoms with Gasteiger partial charge in [0.25, 0.3) is 0 Å². The molecule has 13 heavy (non-hydrogen) atoms. The maximum atomic E-state index is 12.4. The topological polar surface area (TPSA) is 32.3 Å². The first-order valence-electron chi connectivity index (χ1n) is 3.80. The van der Waals surface area contributed by atoms with Crippen LogP contribution in [0.15, 0.2) is 0 Å². The lowest BCUT2D eigenvalue weighted by Crippen LogP contribution is -2.43. The van der Waals surface area contributed by atoms with Crippen LogP contribution in [-0.4, -0.2) is 31.0 Å². The van der Waals surface area contributed by atoms with Crippen LogP contribution >= 0.6 is 12.4 Å².